The van der Waals surface area contributed by atoms with Gasteiger partial charge in [-0.1, -0.05) is 29.8 Å². The second kappa shape index (κ2) is 5.33. The van der Waals surface area contributed by atoms with Crippen LogP contribution in [-0.2, 0) is 0 Å². The highest BCUT2D eigenvalue weighted by molar-refractivity contribution is 6.05. The number of rotatable bonds is 1. The maximum atomic E-state index is 13.2. The minimum Gasteiger partial charge on any atom is -0.282 e. The smallest absolute Gasteiger partial charge is 0.282 e. The summed E-state index contributed by atoms with van der Waals surface area (Å²) in [5.74, 6) is 0. The van der Waals surface area contributed by atoms with Crippen molar-refractivity contribution in [2.75, 3.05) is 6.67 Å². The molecule has 0 aliphatic carbocycles. The van der Waals surface area contributed by atoms with Gasteiger partial charge < -0.3 is 0 Å². The Kier molecular flexibility index (Phi) is 4.02. The zero-order valence-electron chi connectivity index (χ0n) is 12.6. The van der Waals surface area contributed by atoms with E-state index in [-0.39, 0.29) is 17.9 Å². The van der Waals surface area contributed by atoms with Gasteiger partial charge in [-0.15, -0.1) is 0 Å². The second-order valence-corrected chi connectivity index (χ2v) is 6.26. The molecule has 1 unspecified atom stereocenters. The first-order valence-corrected chi connectivity index (χ1v) is 6.82. The third kappa shape index (κ3) is 3.56. The Labute approximate surface area is 122 Å². The third-order valence-electron chi connectivity index (χ3n) is 3.40. The molecule has 0 spiro atoms. The fraction of sp³-hybridized carbons (Fsp3) is 0.533. The molecule has 0 saturated carbocycles. The molecule has 1 aliphatic rings. The Bertz CT molecular complexity index is 527. The standard InChI is InChI=1S/C15H20F3N3/c1-10-5-7-11(8-6-10)12-13(15(16,17)18)19-9-21(20-12)14(2,3)4/h5-8,13,19H,9H2,1-4H3. The van der Waals surface area contributed by atoms with E-state index in [2.05, 4.69) is 10.4 Å². The molecule has 0 saturated heterocycles. The summed E-state index contributed by atoms with van der Waals surface area (Å²) in [6.07, 6.45) is -4.37. The maximum absolute atomic E-state index is 13.2. The first kappa shape index (κ1) is 15.8. The van der Waals surface area contributed by atoms with E-state index in [0.29, 0.717) is 5.56 Å². The van der Waals surface area contributed by atoms with Crippen molar-refractivity contribution in [2.45, 2.75) is 45.5 Å². The molecule has 1 aromatic carbocycles. The summed E-state index contributed by atoms with van der Waals surface area (Å²) in [6, 6.07) is 5.21. The van der Waals surface area contributed by atoms with E-state index < -0.39 is 12.2 Å². The van der Waals surface area contributed by atoms with Crippen LogP contribution >= 0.6 is 0 Å². The van der Waals surface area contributed by atoms with Gasteiger partial charge in [0.15, 0.2) is 6.04 Å². The lowest BCUT2D eigenvalue weighted by atomic mass is 10.0. The van der Waals surface area contributed by atoms with Crippen LogP contribution in [0.5, 0.6) is 0 Å². The Balaban J connectivity index is 2.46. The molecule has 0 fully saturated rings. The Morgan fingerprint density at radius 1 is 1.14 bits per heavy atom. The number of aryl methyl sites for hydroxylation is 1. The van der Waals surface area contributed by atoms with E-state index in [1.54, 1.807) is 29.3 Å². The van der Waals surface area contributed by atoms with E-state index in [4.69, 9.17) is 0 Å². The van der Waals surface area contributed by atoms with E-state index in [9.17, 15) is 13.2 Å². The number of nitrogens with one attached hydrogen (secondary N) is 1. The highest BCUT2D eigenvalue weighted by Gasteiger charge is 2.46. The summed E-state index contributed by atoms with van der Waals surface area (Å²) < 4.78 is 39.7. The lowest BCUT2D eigenvalue weighted by Gasteiger charge is -2.40. The summed E-state index contributed by atoms with van der Waals surface area (Å²) in [4.78, 5) is 0. The van der Waals surface area contributed by atoms with Gasteiger partial charge in [0.05, 0.1) is 17.9 Å². The monoisotopic (exact) mass is 299 g/mol. The molecule has 0 amide bonds. The molecule has 21 heavy (non-hydrogen) atoms. The fourth-order valence-corrected chi connectivity index (χ4v) is 2.10. The largest absolute Gasteiger partial charge is 0.409 e. The Morgan fingerprint density at radius 3 is 2.19 bits per heavy atom. The van der Waals surface area contributed by atoms with E-state index in [1.165, 1.54) is 0 Å². The SMILES string of the molecule is Cc1ccc(C2=NN(C(C)(C)C)CNC2C(F)(F)F)cc1. The molecule has 1 heterocycles. The molecular weight excluding hydrogens is 279 g/mol. The third-order valence-corrected chi connectivity index (χ3v) is 3.40. The Morgan fingerprint density at radius 2 is 1.71 bits per heavy atom. The minimum absolute atomic E-state index is 0.0173. The molecule has 2 rings (SSSR count). The van der Waals surface area contributed by atoms with Gasteiger partial charge in [0.1, 0.15) is 0 Å². The van der Waals surface area contributed by atoms with Crippen LogP contribution < -0.4 is 5.32 Å². The molecule has 0 radical (unpaired) electrons. The zero-order chi connectivity index (χ0) is 15.8. The van der Waals surface area contributed by atoms with Crippen LogP contribution in [0.4, 0.5) is 13.2 Å². The van der Waals surface area contributed by atoms with Gasteiger partial charge in [-0.2, -0.15) is 18.3 Å². The van der Waals surface area contributed by atoms with Crippen molar-refractivity contribution >= 4 is 5.71 Å². The quantitative estimate of drug-likeness (QED) is 0.861. The number of hydrogen-bond donors (Lipinski definition) is 1. The highest BCUT2D eigenvalue weighted by atomic mass is 19.4. The summed E-state index contributed by atoms with van der Waals surface area (Å²) in [5, 5.41) is 8.46. The van der Waals surface area contributed by atoms with Gasteiger partial charge >= 0.3 is 6.18 Å². The maximum Gasteiger partial charge on any atom is 0.409 e. The average Bonchev–Trinajstić information content (AvgIpc) is 2.37. The molecule has 0 bridgehead atoms. The van der Waals surface area contributed by atoms with Gasteiger partial charge in [0, 0.05) is 0 Å². The minimum atomic E-state index is -4.37. The predicted octanol–water partition coefficient (Wildman–Crippen LogP) is 3.29. The van der Waals surface area contributed by atoms with Crippen molar-refractivity contribution < 1.29 is 13.2 Å². The summed E-state index contributed by atoms with van der Waals surface area (Å²) in [5.41, 5.74) is 1.16. The predicted molar refractivity (Wildman–Crippen MR) is 77.2 cm³/mol. The summed E-state index contributed by atoms with van der Waals surface area (Å²) in [6.45, 7) is 7.72. The molecule has 1 atom stereocenters. The van der Waals surface area contributed by atoms with Crippen LogP contribution in [0.25, 0.3) is 0 Å². The van der Waals surface area contributed by atoms with E-state index >= 15 is 0 Å². The molecule has 6 heteroatoms. The van der Waals surface area contributed by atoms with Crippen molar-refractivity contribution in [3.63, 3.8) is 0 Å². The summed E-state index contributed by atoms with van der Waals surface area (Å²) in [7, 11) is 0. The molecule has 1 aliphatic heterocycles. The van der Waals surface area contributed by atoms with Crippen LogP contribution in [0, 0.1) is 6.92 Å². The molecule has 0 aromatic heterocycles. The second-order valence-electron chi connectivity index (χ2n) is 6.26. The van der Waals surface area contributed by atoms with Crippen LogP contribution in [0.2, 0.25) is 0 Å². The zero-order valence-corrected chi connectivity index (χ0v) is 12.6. The van der Waals surface area contributed by atoms with Gasteiger partial charge in [-0.3, -0.25) is 10.3 Å². The van der Waals surface area contributed by atoms with Crippen molar-refractivity contribution in [3.8, 4) is 0 Å². The van der Waals surface area contributed by atoms with Crippen molar-refractivity contribution in [1.29, 1.82) is 0 Å². The van der Waals surface area contributed by atoms with E-state index in [0.717, 1.165) is 5.56 Å². The molecule has 3 nitrogen and oxygen atoms in total. The first-order chi connectivity index (χ1) is 9.59. The number of alkyl halides is 3. The number of hydrogen-bond acceptors (Lipinski definition) is 3. The average molecular weight is 299 g/mol. The lowest BCUT2D eigenvalue weighted by molar-refractivity contribution is -0.144. The highest BCUT2D eigenvalue weighted by Crippen LogP contribution is 2.28. The number of benzene rings is 1. The fourth-order valence-electron chi connectivity index (χ4n) is 2.10. The van der Waals surface area contributed by atoms with Gasteiger partial charge in [0.2, 0.25) is 0 Å². The number of nitrogens with zero attached hydrogens (tertiary/aromatic N) is 2. The van der Waals surface area contributed by atoms with Crippen LogP contribution in [0.1, 0.15) is 31.9 Å². The molecular formula is C15H20F3N3. The lowest BCUT2D eigenvalue weighted by Crippen LogP contribution is -2.58. The van der Waals surface area contributed by atoms with Crippen molar-refractivity contribution in [2.24, 2.45) is 5.10 Å². The van der Waals surface area contributed by atoms with Crippen molar-refractivity contribution in [3.05, 3.63) is 35.4 Å². The molecule has 116 valence electrons. The van der Waals surface area contributed by atoms with E-state index in [1.807, 2.05) is 27.7 Å². The topological polar surface area (TPSA) is 27.6 Å². The number of hydrazone groups is 1. The van der Waals surface area contributed by atoms with Crippen LogP contribution in [0.15, 0.2) is 29.4 Å². The molecule has 1 N–H and O–H groups in total. The normalized spacial score (nSPS) is 20.4. The first-order valence-electron chi connectivity index (χ1n) is 6.82. The van der Waals surface area contributed by atoms with Gasteiger partial charge in [0.25, 0.3) is 0 Å². The van der Waals surface area contributed by atoms with Crippen molar-refractivity contribution in [1.82, 2.24) is 10.3 Å². The Hall–Kier alpha value is -1.56. The van der Waals surface area contributed by atoms with Gasteiger partial charge in [-0.05, 0) is 33.3 Å². The summed E-state index contributed by atoms with van der Waals surface area (Å²) >= 11 is 0. The molecule has 1 aromatic rings. The number of halogens is 3. The van der Waals surface area contributed by atoms with Crippen LogP contribution in [0.3, 0.4) is 0 Å². The van der Waals surface area contributed by atoms with Crippen LogP contribution in [-0.4, -0.2) is 35.1 Å². The van der Waals surface area contributed by atoms with Gasteiger partial charge in [-0.25, -0.2) is 0 Å².